The zero-order chi connectivity index (χ0) is 22.3. The highest BCUT2D eigenvalue weighted by Gasteiger charge is 2.43. The Balaban J connectivity index is 1.78. The van der Waals surface area contributed by atoms with Gasteiger partial charge >= 0.3 is 0 Å². The van der Waals surface area contributed by atoms with Gasteiger partial charge in [0.05, 0.1) is 16.2 Å². The summed E-state index contributed by atoms with van der Waals surface area (Å²) < 4.78 is 28.1. The van der Waals surface area contributed by atoms with Crippen molar-refractivity contribution in [1.29, 1.82) is 0 Å². The number of likely N-dealkylation sites (N-methyl/N-ethyl adjacent to an activating group) is 1. The van der Waals surface area contributed by atoms with Gasteiger partial charge in [-0.1, -0.05) is 13.8 Å². The molecule has 166 valence electrons. The molecule has 30 heavy (non-hydrogen) atoms. The van der Waals surface area contributed by atoms with Gasteiger partial charge in [-0.3, -0.25) is 9.59 Å². The molecule has 1 aromatic rings. The number of carbonyl (C=O) groups is 2. The van der Waals surface area contributed by atoms with E-state index in [1.807, 2.05) is 13.8 Å². The molecule has 0 unspecified atom stereocenters. The van der Waals surface area contributed by atoms with Crippen LogP contribution in [0.2, 0.25) is 0 Å². The molecular formula is C22H33N3O4S. The van der Waals surface area contributed by atoms with Crippen molar-refractivity contribution >= 4 is 27.5 Å². The molecule has 1 saturated heterocycles. The lowest BCUT2D eigenvalue weighted by molar-refractivity contribution is -0.126. The number of hydrogen-bond acceptors (Lipinski definition) is 4. The molecule has 0 radical (unpaired) electrons. The maximum atomic E-state index is 13.3. The van der Waals surface area contributed by atoms with Gasteiger partial charge in [-0.25, -0.2) is 8.42 Å². The minimum Gasteiger partial charge on any atom is -0.356 e. The molecular weight excluding hydrogens is 402 g/mol. The van der Waals surface area contributed by atoms with Gasteiger partial charge in [0.15, 0.2) is 0 Å². The molecule has 0 saturated carbocycles. The van der Waals surface area contributed by atoms with E-state index in [0.717, 1.165) is 17.7 Å². The zero-order valence-electron chi connectivity index (χ0n) is 18.6. The third-order valence-corrected chi connectivity index (χ3v) is 8.12. The molecule has 2 amide bonds. The van der Waals surface area contributed by atoms with Gasteiger partial charge in [0.1, 0.15) is 0 Å². The van der Waals surface area contributed by atoms with Crippen LogP contribution in [-0.2, 0) is 25.0 Å². The maximum absolute atomic E-state index is 13.3. The minimum absolute atomic E-state index is 0.0526. The van der Waals surface area contributed by atoms with E-state index in [1.54, 1.807) is 30.1 Å². The first-order valence-electron chi connectivity index (χ1n) is 10.7. The molecule has 0 aliphatic carbocycles. The van der Waals surface area contributed by atoms with Crippen LogP contribution in [0.3, 0.4) is 0 Å². The Hall–Kier alpha value is -1.93. The van der Waals surface area contributed by atoms with Crippen molar-refractivity contribution < 1.29 is 18.0 Å². The number of fused-ring (bicyclic) bond motifs is 1. The summed E-state index contributed by atoms with van der Waals surface area (Å²) in [6, 6.07) is 4.89. The van der Waals surface area contributed by atoms with Crippen LogP contribution in [0.1, 0.15) is 52.5 Å². The molecule has 1 fully saturated rings. The van der Waals surface area contributed by atoms with Crippen molar-refractivity contribution in [2.24, 2.45) is 11.8 Å². The third-order valence-electron chi connectivity index (χ3n) is 6.26. The number of sulfonamides is 1. The second-order valence-corrected chi connectivity index (χ2v) is 11.3. The predicted octanol–water partition coefficient (Wildman–Crippen LogP) is 2.50. The zero-order valence-corrected chi connectivity index (χ0v) is 19.4. The third kappa shape index (κ3) is 4.12. The molecule has 3 rings (SSSR count). The van der Waals surface area contributed by atoms with Gasteiger partial charge in [0.2, 0.25) is 21.8 Å². The van der Waals surface area contributed by atoms with E-state index in [1.165, 1.54) is 4.31 Å². The summed E-state index contributed by atoms with van der Waals surface area (Å²) in [5.74, 6) is 0.0452. The molecule has 1 aromatic carbocycles. The van der Waals surface area contributed by atoms with Gasteiger partial charge in [-0.05, 0) is 62.8 Å². The van der Waals surface area contributed by atoms with Crippen LogP contribution in [-0.4, -0.2) is 51.2 Å². The van der Waals surface area contributed by atoms with Crippen molar-refractivity contribution in [3.8, 4) is 0 Å². The summed E-state index contributed by atoms with van der Waals surface area (Å²) in [5, 5.41) is 2.95. The highest BCUT2D eigenvalue weighted by atomic mass is 32.2. The number of hydrogen-bond donors (Lipinski definition) is 1. The number of piperidine rings is 1. The summed E-state index contributed by atoms with van der Waals surface area (Å²) >= 11 is 0. The first-order valence-corrected chi connectivity index (χ1v) is 12.1. The second-order valence-electron chi connectivity index (χ2n) is 9.34. The number of benzene rings is 1. The number of nitrogens with zero attached hydrogens (tertiary/aromatic N) is 2. The molecule has 0 aromatic heterocycles. The fourth-order valence-corrected chi connectivity index (χ4v) is 5.82. The van der Waals surface area contributed by atoms with Crippen LogP contribution in [0.4, 0.5) is 5.69 Å². The molecule has 0 bridgehead atoms. The number of nitrogens with one attached hydrogen (secondary N) is 1. The summed E-state index contributed by atoms with van der Waals surface area (Å²) in [6.45, 7) is 9.03. The topological polar surface area (TPSA) is 86.8 Å². The monoisotopic (exact) mass is 435 g/mol. The van der Waals surface area contributed by atoms with Gasteiger partial charge in [0, 0.05) is 32.4 Å². The van der Waals surface area contributed by atoms with E-state index in [4.69, 9.17) is 0 Å². The SMILES string of the molecule is CC(C)CCNC(=O)[C@H]1CCCN(S(=O)(=O)c2ccc3c(c2)C(C)(C)C(=O)N3C)C1. The highest BCUT2D eigenvalue weighted by molar-refractivity contribution is 7.89. The van der Waals surface area contributed by atoms with E-state index >= 15 is 0 Å². The van der Waals surface area contributed by atoms with Gasteiger partial charge < -0.3 is 10.2 Å². The minimum atomic E-state index is -3.75. The lowest BCUT2D eigenvalue weighted by Gasteiger charge is -2.31. The van der Waals surface area contributed by atoms with E-state index in [9.17, 15) is 18.0 Å². The van der Waals surface area contributed by atoms with Crippen LogP contribution in [0, 0.1) is 11.8 Å². The van der Waals surface area contributed by atoms with E-state index < -0.39 is 15.4 Å². The molecule has 2 aliphatic rings. The number of anilines is 1. The quantitative estimate of drug-likeness (QED) is 0.744. The van der Waals surface area contributed by atoms with Crippen LogP contribution in [0.25, 0.3) is 0 Å². The Kier molecular flexibility index (Phi) is 6.30. The van der Waals surface area contributed by atoms with Gasteiger partial charge in [-0.15, -0.1) is 0 Å². The number of rotatable bonds is 6. The van der Waals surface area contributed by atoms with E-state index in [-0.39, 0.29) is 29.2 Å². The fraction of sp³-hybridized carbons (Fsp3) is 0.636. The Bertz CT molecular complexity index is 940. The fourth-order valence-electron chi connectivity index (χ4n) is 4.26. The second kappa shape index (κ2) is 8.30. The van der Waals surface area contributed by atoms with Crippen LogP contribution in [0.5, 0.6) is 0 Å². The summed E-state index contributed by atoms with van der Waals surface area (Å²) in [7, 11) is -2.04. The molecule has 8 heteroatoms. The standard InChI is InChI=1S/C22H33N3O4S/c1-15(2)10-11-23-20(26)16-7-6-12-25(14-16)30(28,29)17-8-9-19-18(13-17)22(3,4)21(27)24(19)5/h8-9,13,15-16H,6-7,10-12,14H2,1-5H3,(H,23,26)/t16-/m0/s1. The summed E-state index contributed by atoms with van der Waals surface area (Å²) in [5.41, 5.74) is 0.692. The Morgan fingerprint density at radius 1 is 1.30 bits per heavy atom. The molecule has 2 aliphatic heterocycles. The number of amides is 2. The number of carbonyl (C=O) groups excluding carboxylic acids is 2. The first-order chi connectivity index (χ1) is 14.0. The van der Waals surface area contributed by atoms with Crippen LogP contribution in [0.15, 0.2) is 23.1 Å². The van der Waals surface area contributed by atoms with Crippen molar-refractivity contribution in [2.75, 3.05) is 31.6 Å². The van der Waals surface area contributed by atoms with Crippen molar-refractivity contribution in [3.05, 3.63) is 23.8 Å². The lowest BCUT2D eigenvalue weighted by Crippen LogP contribution is -2.45. The molecule has 0 spiro atoms. The Labute approximate surface area is 179 Å². The van der Waals surface area contributed by atoms with Crippen molar-refractivity contribution in [2.45, 2.75) is 57.3 Å². The molecule has 7 nitrogen and oxygen atoms in total. The van der Waals surface area contributed by atoms with Gasteiger partial charge in [0.25, 0.3) is 0 Å². The average Bonchev–Trinajstić information content (AvgIpc) is 2.88. The predicted molar refractivity (Wildman–Crippen MR) is 117 cm³/mol. The molecule has 2 heterocycles. The summed E-state index contributed by atoms with van der Waals surface area (Å²) in [4.78, 5) is 26.8. The van der Waals surface area contributed by atoms with E-state index in [0.29, 0.717) is 31.8 Å². The average molecular weight is 436 g/mol. The van der Waals surface area contributed by atoms with Gasteiger partial charge in [-0.2, -0.15) is 4.31 Å². The summed E-state index contributed by atoms with van der Waals surface area (Å²) in [6.07, 6.45) is 2.24. The highest BCUT2D eigenvalue weighted by Crippen LogP contribution is 2.42. The Morgan fingerprint density at radius 2 is 2.00 bits per heavy atom. The lowest BCUT2D eigenvalue weighted by atomic mass is 9.86. The van der Waals surface area contributed by atoms with Crippen molar-refractivity contribution in [1.82, 2.24) is 9.62 Å². The first kappa shape index (κ1) is 22.7. The normalized spacial score (nSPS) is 21.7. The van der Waals surface area contributed by atoms with E-state index in [2.05, 4.69) is 19.2 Å². The van der Waals surface area contributed by atoms with Crippen LogP contribution >= 0.6 is 0 Å². The van der Waals surface area contributed by atoms with Crippen molar-refractivity contribution in [3.63, 3.8) is 0 Å². The Morgan fingerprint density at radius 3 is 2.67 bits per heavy atom. The smallest absolute Gasteiger partial charge is 0.243 e. The maximum Gasteiger partial charge on any atom is 0.243 e. The van der Waals surface area contributed by atoms with Crippen LogP contribution < -0.4 is 10.2 Å². The molecule has 1 atom stereocenters. The largest absolute Gasteiger partial charge is 0.356 e. The molecule has 1 N–H and O–H groups in total.